The average Bonchev–Trinajstić information content (AvgIpc) is 3.01. The van der Waals surface area contributed by atoms with E-state index >= 15 is 0 Å². The van der Waals surface area contributed by atoms with E-state index < -0.39 is 28.0 Å². The van der Waals surface area contributed by atoms with Crippen molar-refractivity contribution in [2.45, 2.75) is 238 Å². The van der Waals surface area contributed by atoms with Crippen LogP contribution in [0.5, 0.6) is 0 Å². The second-order valence-corrected chi connectivity index (χ2v) is 15.8. The van der Waals surface area contributed by atoms with Crippen molar-refractivity contribution >= 4 is 16.0 Å². The van der Waals surface area contributed by atoms with Crippen LogP contribution >= 0.6 is 0 Å². The second kappa shape index (κ2) is 34.2. The number of hydrogen-bond donors (Lipinski definition) is 3. The Hall–Kier alpha value is -0.660. The van der Waals surface area contributed by atoms with Crippen LogP contribution < -0.4 is 5.32 Å². The summed E-state index contributed by atoms with van der Waals surface area (Å²) >= 11 is 0. The minimum absolute atomic E-state index is 0.242. The van der Waals surface area contributed by atoms with Crippen LogP contribution in [0, 0.1) is 0 Å². The molecule has 0 saturated carbocycles. The predicted octanol–water partition coefficient (Wildman–Crippen LogP) is 11.6. The molecule has 7 heteroatoms. The van der Waals surface area contributed by atoms with E-state index in [0.717, 1.165) is 38.5 Å². The van der Waals surface area contributed by atoms with Gasteiger partial charge in [0.1, 0.15) is 0 Å². The fourth-order valence-electron chi connectivity index (χ4n) is 6.51. The van der Waals surface area contributed by atoms with Gasteiger partial charge in [-0.1, -0.05) is 206 Å². The highest BCUT2D eigenvalue weighted by atomic mass is 32.2. The Labute approximate surface area is 287 Å². The first-order valence-corrected chi connectivity index (χ1v) is 21.8. The minimum atomic E-state index is -4.30. The lowest BCUT2D eigenvalue weighted by atomic mass is 10.0. The summed E-state index contributed by atoms with van der Waals surface area (Å²) in [5.74, 6) is -0.883. The SMILES string of the molecule is CCCCCCCCCCCCCCCCCCCC(O)C(CS(=O)(=O)O)NC(=O)CCCCCCCCCCCCCCCC. The Morgan fingerprint density at radius 2 is 0.783 bits per heavy atom. The third-order valence-electron chi connectivity index (χ3n) is 9.56. The van der Waals surface area contributed by atoms with Gasteiger partial charge in [0.15, 0.2) is 0 Å². The Balaban J connectivity index is 3.83. The van der Waals surface area contributed by atoms with Gasteiger partial charge in [-0.15, -0.1) is 0 Å². The molecule has 2 atom stereocenters. The second-order valence-electron chi connectivity index (χ2n) is 14.3. The number of amides is 1. The maximum atomic E-state index is 12.5. The molecule has 0 aromatic carbocycles. The van der Waals surface area contributed by atoms with Crippen molar-refractivity contribution in [3.8, 4) is 0 Å². The number of aliphatic hydroxyl groups is 1. The van der Waals surface area contributed by atoms with E-state index in [4.69, 9.17) is 0 Å². The smallest absolute Gasteiger partial charge is 0.266 e. The van der Waals surface area contributed by atoms with Crippen molar-refractivity contribution in [3.05, 3.63) is 0 Å². The molecule has 3 N–H and O–H groups in total. The van der Waals surface area contributed by atoms with Crippen LogP contribution in [0.3, 0.4) is 0 Å². The lowest BCUT2D eigenvalue weighted by Gasteiger charge is -2.23. The van der Waals surface area contributed by atoms with Crippen molar-refractivity contribution < 1.29 is 22.9 Å². The first kappa shape index (κ1) is 45.3. The van der Waals surface area contributed by atoms with Gasteiger partial charge in [0.05, 0.1) is 17.9 Å². The van der Waals surface area contributed by atoms with Gasteiger partial charge in [-0.25, -0.2) is 0 Å². The monoisotopic (exact) mass is 674 g/mol. The van der Waals surface area contributed by atoms with E-state index in [1.165, 1.54) is 161 Å². The molecule has 0 aromatic rings. The molecule has 0 saturated heterocycles. The Morgan fingerprint density at radius 1 is 0.500 bits per heavy atom. The van der Waals surface area contributed by atoms with Crippen LogP contribution in [-0.2, 0) is 14.9 Å². The number of carbonyl (C=O) groups is 1. The molecule has 46 heavy (non-hydrogen) atoms. The van der Waals surface area contributed by atoms with Crippen LogP contribution in [0.1, 0.15) is 226 Å². The number of unbranched alkanes of at least 4 members (excludes halogenated alkanes) is 29. The highest BCUT2D eigenvalue weighted by molar-refractivity contribution is 7.85. The molecule has 0 bridgehead atoms. The van der Waals surface area contributed by atoms with Crippen molar-refractivity contribution in [1.82, 2.24) is 5.32 Å². The van der Waals surface area contributed by atoms with Crippen LogP contribution in [0.25, 0.3) is 0 Å². The third-order valence-corrected chi connectivity index (χ3v) is 10.3. The molecule has 0 aliphatic rings. The van der Waals surface area contributed by atoms with E-state index in [1.54, 1.807) is 0 Å². The van der Waals surface area contributed by atoms with E-state index in [9.17, 15) is 22.9 Å². The number of nitrogens with one attached hydrogen (secondary N) is 1. The zero-order valence-corrected chi connectivity index (χ0v) is 31.5. The zero-order valence-electron chi connectivity index (χ0n) is 30.7. The topological polar surface area (TPSA) is 104 Å². The summed E-state index contributed by atoms with van der Waals surface area (Å²) in [4.78, 5) is 12.5. The predicted molar refractivity (Wildman–Crippen MR) is 198 cm³/mol. The van der Waals surface area contributed by atoms with E-state index in [1.807, 2.05) is 0 Å². The summed E-state index contributed by atoms with van der Waals surface area (Å²) in [5.41, 5.74) is 0. The Morgan fingerprint density at radius 3 is 1.09 bits per heavy atom. The summed E-state index contributed by atoms with van der Waals surface area (Å²) < 4.78 is 32.5. The van der Waals surface area contributed by atoms with Gasteiger partial charge < -0.3 is 10.4 Å². The van der Waals surface area contributed by atoms with Crippen LogP contribution in [0.15, 0.2) is 0 Å². The van der Waals surface area contributed by atoms with Crippen molar-refractivity contribution in [1.29, 1.82) is 0 Å². The zero-order chi connectivity index (χ0) is 34.0. The number of hydrogen-bond acceptors (Lipinski definition) is 4. The van der Waals surface area contributed by atoms with E-state index in [-0.39, 0.29) is 5.91 Å². The first-order valence-electron chi connectivity index (χ1n) is 20.2. The molecule has 0 fully saturated rings. The fourth-order valence-corrected chi connectivity index (χ4v) is 7.27. The van der Waals surface area contributed by atoms with Gasteiger partial charge in [-0.3, -0.25) is 9.35 Å². The molecule has 2 unspecified atom stereocenters. The summed E-state index contributed by atoms with van der Waals surface area (Å²) in [7, 11) is -4.30. The van der Waals surface area contributed by atoms with Gasteiger partial charge in [-0.2, -0.15) is 8.42 Å². The lowest BCUT2D eigenvalue weighted by molar-refractivity contribution is -0.122. The van der Waals surface area contributed by atoms with E-state index in [0.29, 0.717) is 12.8 Å². The summed E-state index contributed by atoms with van der Waals surface area (Å²) in [6, 6.07) is -0.963. The molecular weight excluding hydrogens is 594 g/mol. The fraction of sp³-hybridized carbons (Fsp3) is 0.974. The molecule has 6 nitrogen and oxygen atoms in total. The van der Waals surface area contributed by atoms with Crippen molar-refractivity contribution in [2.75, 3.05) is 5.75 Å². The Bertz CT molecular complexity index is 745. The van der Waals surface area contributed by atoms with Gasteiger partial charge in [-0.05, 0) is 12.8 Å². The van der Waals surface area contributed by atoms with Crippen LogP contribution in [0.4, 0.5) is 0 Å². The van der Waals surface area contributed by atoms with Crippen molar-refractivity contribution in [2.24, 2.45) is 0 Å². The number of aliphatic hydroxyl groups excluding tert-OH is 1. The first-order chi connectivity index (χ1) is 22.3. The summed E-state index contributed by atoms with van der Waals surface area (Å²) in [5, 5.41) is 13.3. The maximum absolute atomic E-state index is 12.5. The van der Waals surface area contributed by atoms with Crippen molar-refractivity contribution in [3.63, 3.8) is 0 Å². The van der Waals surface area contributed by atoms with Crippen LogP contribution in [0.2, 0.25) is 0 Å². The molecular formula is C39H79NO5S. The molecule has 0 aliphatic carbocycles. The third kappa shape index (κ3) is 34.7. The van der Waals surface area contributed by atoms with Crippen LogP contribution in [-0.4, -0.2) is 41.9 Å². The highest BCUT2D eigenvalue weighted by Gasteiger charge is 2.26. The van der Waals surface area contributed by atoms with Gasteiger partial charge in [0, 0.05) is 6.42 Å². The number of carbonyl (C=O) groups excluding carboxylic acids is 1. The average molecular weight is 674 g/mol. The quantitative estimate of drug-likeness (QED) is 0.0450. The molecule has 0 aromatic heterocycles. The lowest BCUT2D eigenvalue weighted by Crippen LogP contribution is -2.47. The van der Waals surface area contributed by atoms with E-state index in [2.05, 4.69) is 19.2 Å². The maximum Gasteiger partial charge on any atom is 0.266 e. The number of rotatable bonds is 37. The molecule has 0 heterocycles. The summed E-state index contributed by atoms with van der Waals surface area (Å²) in [6.45, 7) is 4.53. The molecule has 0 aliphatic heterocycles. The minimum Gasteiger partial charge on any atom is -0.391 e. The molecule has 1 amide bonds. The molecule has 276 valence electrons. The molecule has 0 spiro atoms. The van der Waals surface area contributed by atoms with Gasteiger partial charge in [0.2, 0.25) is 5.91 Å². The summed E-state index contributed by atoms with van der Waals surface area (Å²) in [6.07, 6.45) is 39.0. The Kier molecular flexibility index (Phi) is 33.7. The van der Waals surface area contributed by atoms with Gasteiger partial charge >= 0.3 is 0 Å². The highest BCUT2D eigenvalue weighted by Crippen LogP contribution is 2.16. The molecule has 0 rings (SSSR count). The standard InChI is InChI=1S/C39H79NO5S/c1-3-5-7-9-11-13-15-17-19-20-21-22-24-26-28-30-32-34-38(41)37(36-46(43,44)45)40-39(42)35-33-31-29-27-25-23-18-16-14-12-10-8-6-4-2/h37-38,41H,3-36H2,1-2H3,(H,40,42)(H,43,44,45). The largest absolute Gasteiger partial charge is 0.391 e. The normalized spacial score (nSPS) is 13.2. The molecule has 0 radical (unpaired) electrons. The van der Waals surface area contributed by atoms with Gasteiger partial charge in [0.25, 0.3) is 10.1 Å².